The summed E-state index contributed by atoms with van der Waals surface area (Å²) < 4.78 is 0. The van der Waals surface area contributed by atoms with Gasteiger partial charge in [0.2, 0.25) is 0 Å². The molecule has 0 bridgehead atoms. The van der Waals surface area contributed by atoms with Gasteiger partial charge in [-0.3, -0.25) is 9.89 Å². The summed E-state index contributed by atoms with van der Waals surface area (Å²) in [7, 11) is 3.67. The van der Waals surface area contributed by atoms with Gasteiger partial charge in [0.25, 0.3) is 0 Å². The SMILES string of the molecule is CCN(CC)[C@H](CNC(=NC)NC)c1ccsc1. The van der Waals surface area contributed by atoms with Crippen LogP contribution < -0.4 is 10.6 Å². The molecule has 1 aromatic rings. The van der Waals surface area contributed by atoms with E-state index in [4.69, 9.17) is 0 Å². The molecule has 0 fully saturated rings. The van der Waals surface area contributed by atoms with Crippen LogP contribution in [0.2, 0.25) is 0 Å². The highest BCUT2D eigenvalue weighted by molar-refractivity contribution is 7.07. The van der Waals surface area contributed by atoms with Gasteiger partial charge >= 0.3 is 0 Å². The highest BCUT2D eigenvalue weighted by Gasteiger charge is 2.18. The van der Waals surface area contributed by atoms with Gasteiger partial charge in [-0.2, -0.15) is 11.3 Å². The van der Waals surface area contributed by atoms with Gasteiger partial charge in [-0.1, -0.05) is 13.8 Å². The molecule has 0 aliphatic rings. The molecule has 0 aliphatic heterocycles. The molecule has 102 valence electrons. The predicted octanol–water partition coefficient (Wildman–Crippen LogP) is 1.93. The highest BCUT2D eigenvalue weighted by Crippen LogP contribution is 2.22. The lowest BCUT2D eigenvalue weighted by Gasteiger charge is -2.29. The van der Waals surface area contributed by atoms with Crippen LogP contribution in [0.15, 0.2) is 21.8 Å². The molecule has 0 radical (unpaired) electrons. The second kappa shape index (κ2) is 8.11. The number of rotatable bonds is 6. The van der Waals surface area contributed by atoms with Crippen molar-refractivity contribution in [2.24, 2.45) is 4.99 Å². The van der Waals surface area contributed by atoms with E-state index in [2.05, 4.69) is 51.2 Å². The molecule has 18 heavy (non-hydrogen) atoms. The van der Waals surface area contributed by atoms with Crippen molar-refractivity contribution in [2.75, 3.05) is 33.7 Å². The summed E-state index contributed by atoms with van der Waals surface area (Å²) in [5.74, 6) is 0.836. The van der Waals surface area contributed by atoms with Gasteiger partial charge in [0.15, 0.2) is 5.96 Å². The van der Waals surface area contributed by atoms with Crippen molar-refractivity contribution >= 4 is 17.3 Å². The zero-order chi connectivity index (χ0) is 13.4. The summed E-state index contributed by atoms with van der Waals surface area (Å²) in [5, 5.41) is 10.8. The molecular formula is C13H24N4S. The van der Waals surface area contributed by atoms with Crippen molar-refractivity contribution in [2.45, 2.75) is 19.9 Å². The lowest BCUT2D eigenvalue weighted by Crippen LogP contribution is -2.41. The monoisotopic (exact) mass is 268 g/mol. The molecule has 0 aliphatic carbocycles. The Morgan fingerprint density at radius 2 is 2.17 bits per heavy atom. The third-order valence-electron chi connectivity index (χ3n) is 3.10. The maximum Gasteiger partial charge on any atom is 0.190 e. The zero-order valence-corrected chi connectivity index (χ0v) is 12.5. The van der Waals surface area contributed by atoms with Crippen LogP contribution in [0, 0.1) is 0 Å². The Morgan fingerprint density at radius 1 is 1.44 bits per heavy atom. The number of likely N-dealkylation sites (N-methyl/N-ethyl adjacent to an activating group) is 1. The molecule has 0 unspecified atom stereocenters. The molecule has 1 rings (SSSR count). The first kappa shape index (κ1) is 15.0. The molecule has 0 saturated carbocycles. The van der Waals surface area contributed by atoms with E-state index in [1.54, 1.807) is 18.4 Å². The minimum absolute atomic E-state index is 0.399. The number of hydrogen-bond acceptors (Lipinski definition) is 3. The number of aliphatic imine (C=N–C) groups is 1. The molecule has 0 amide bonds. The van der Waals surface area contributed by atoms with Gasteiger partial charge in [0.1, 0.15) is 0 Å². The zero-order valence-electron chi connectivity index (χ0n) is 11.7. The maximum absolute atomic E-state index is 4.15. The van der Waals surface area contributed by atoms with Crippen molar-refractivity contribution in [3.63, 3.8) is 0 Å². The van der Waals surface area contributed by atoms with E-state index in [1.807, 2.05) is 7.05 Å². The highest BCUT2D eigenvalue weighted by atomic mass is 32.1. The first-order valence-corrected chi connectivity index (χ1v) is 7.35. The minimum Gasteiger partial charge on any atom is -0.359 e. The second-order valence-electron chi connectivity index (χ2n) is 4.00. The average Bonchev–Trinajstić information content (AvgIpc) is 2.92. The van der Waals surface area contributed by atoms with E-state index in [0.29, 0.717) is 6.04 Å². The normalized spacial score (nSPS) is 13.7. The third-order valence-corrected chi connectivity index (χ3v) is 3.81. The average molecular weight is 268 g/mol. The van der Waals surface area contributed by atoms with Gasteiger partial charge < -0.3 is 10.6 Å². The van der Waals surface area contributed by atoms with Crippen molar-refractivity contribution in [3.8, 4) is 0 Å². The van der Waals surface area contributed by atoms with E-state index < -0.39 is 0 Å². The van der Waals surface area contributed by atoms with Crippen molar-refractivity contribution in [1.82, 2.24) is 15.5 Å². The molecule has 2 N–H and O–H groups in total. The predicted molar refractivity (Wildman–Crippen MR) is 80.4 cm³/mol. The molecule has 1 heterocycles. The van der Waals surface area contributed by atoms with Gasteiger partial charge in [-0.25, -0.2) is 0 Å². The fourth-order valence-corrected chi connectivity index (χ4v) is 2.77. The third kappa shape index (κ3) is 3.99. The van der Waals surface area contributed by atoms with E-state index in [1.165, 1.54) is 5.56 Å². The first-order chi connectivity index (χ1) is 8.76. The molecule has 0 spiro atoms. The Morgan fingerprint density at radius 3 is 2.61 bits per heavy atom. The van der Waals surface area contributed by atoms with E-state index >= 15 is 0 Å². The Bertz CT molecular complexity index is 344. The van der Waals surface area contributed by atoms with E-state index in [9.17, 15) is 0 Å². The number of nitrogens with zero attached hydrogens (tertiary/aromatic N) is 2. The lowest BCUT2D eigenvalue weighted by atomic mass is 10.1. The van der Waals surface area contributed by atoms with Crippen molar-refractivity contribution in [3.05, 3.63) is 22.4 Å². The standard InChI is InChI=1S/C13H24N4S/c1-5-17(6-2)12(11-7-8-18-10-11)9-16-13(14-3)15-4/h7-8,10,12H,5-6,9H2,1-4H3,(H2,14,15,16)/t12-/m1/s1. The number of hydrogen-bond donors (Lipinski definition) is 2. The van der Waals surface area contributed by atoms with Crippen LogP contribution in [0.4, 0.5) is 0 Å². The minimum atomic E-state index is 0.399. The van der Waals surface area contributed by atoms with E-state index in [0.717, 1.165) is 25.6 Å². The second-order valence-corrected chi connectivity index (χ2v) is 4.78. The number of nitrogens with one attached hydrogen (secondary N) is 2. The maximum atomic E-state index is 4.15. The Hall–Kier alpha value is -1.07. The van der Waals surface area contributed by atoms with Gasteiger partial charge in [-0.15, -0.1) is 0 Å². The summed E-state index contributed by atoms with van der Waals surface area (Å²) in [6.07, 6.45) is 0. The topological polar surface area (TPSA) is 39.7 Å². The van der Waals surface area contributed by atoms with Crippen LogP contribution in [-0.2, 0) is 0 Å². The smallest absolute Gasteiger partial charge is 0.190 e. The van der Waals surface area contributed by atoms with Crippen LogP contribution in [0.25, 0.3) is 0 Å². The van der Waals surface area contributed by atoms with Crippen molar-refractivity contribution in [1.29, 1.82) is 0 Å². The van der Waals surface area contributed by atoms with Gasteiger partial charge in [0.05, 0.1) is 6.04 Å². The Labute approximate surface area is 114 Å². The van der Waals surface area contributed by atoms with Crippen LogP contribution in [0.3, 0.4) is 0 Å². The Balaban J connectivity index is 2.72. The van der Waals surface area contributed by atoms with Crippen LogP contribution in [0.1, 0.15) is 25.5 Å². The summed E-state index contributed by atoms with van der Waals surface area (Å²) in [6.45, 7) is 7.38. The van der Waals surface area contributed by atoms with E-state index in [-0.39, 0.29) is 0 Å². The lowest BCUT2D eigenvalue weighted by molar-refractivity contribution is 0.219. The quantitative estimate of drug-likeness (QED) is 0.612. The molecule has 0 saturated heterocycles. The molecule has 0 aromatic carbocycles. The summed E-state index contributed by atoms with van der Waals surface area (Å²) in [4.78, 5) is 6.61. The van der Waals surface area contributed by atoms with Gasteiger partial charge in [0, 0.05) is 20.6 Å². The fraction of sp³-hybridized carbons (Fsp3) is 0.615. The van der Waals surface area contributed by atoms with Crippen LogP contribution in [0.5, 0.6) is 0 Å². The van der Waals surface area contributed by atoms with Crippen LogP contribution >= 0.6 is 11.3 Å². The first-order valence-electron chi connectivity index (χ1n) is 6.41. The summed E-state index contributed by atoms with van der Waals surface area (Å²) in [5.41, 5.74) is 1.38. The largest absolute Gasteiger partial charge is 0.359 e. The molecule has 5 heteroatoms. The fourth-order valence-electron chi connectivity index (χ4n) is 2.06. The molecule has 1 aromatic heterocycles. The summed E-state index contributed by atoms with van der Waals surface area (Å²) >= 11 is 1.75. The Kier molecular flexibility index (Phi) is 6.75. The van der Waals surface area contributed by atoms with Crippen LogP contribution in [-0.4, -0.2) is 44.6 Å². The number of guanidine groups is 1. The van der Waals surface area contributed by atoms with Gasteiger partial charge in [-0.05, 0) is 35.5 Å². The summed E-state index contributed by atoms with van der Waals surface area (Å²) in [6, 6.07) is 2.61. The molecule has 1 atom stereocenters. The molecule has 4 nitrogen and oxygen atoms in total. The number of thiophene rings is 1. The molecular weight excluding hydrogens is 244 g/mol. The van der Waals surface area contributed by atoms with Crippen molar-refractivity contribution < 1.29 is 0 Å².